The van der Waals surface area contributed by atoms with E-state index in [1.807, 2.05) is 0 Å². The highest BCUT2D eigenvalue weighted by atomic mass is 16.6. The van der Waals surface area contributed by atoms with Crippen molar-refractivity contribution in [2.75, 3.05) is 46.4 Å². The molecule has 2 aliphatic rings. The standard InChI is InChI=1S/C23H31N7O11/c1-36-5-6-38-17-15(34)11(41-21(17)29-4-3-12(32)26-23(29)35)8-39-22-27-18(24)13-19(28-22)30(9-25-13)20-16(37-2)14(33)10(7-31)40-20/h3-4,9-11,14-17,20-21,31,33-34H,5-8H2,1-2H3,(H2,24,27,28)(H,26,32,35). The van der Waals surface area contributed by atoms with Crippen LogP contribution in [0.2, 0.25) is 0 Å². The highest BCUT2D eigenvalue weighted by molar-refractivity contribution is 5.82. The van der Waals surface area contributed by atoms with E-state index < -0.39 is 66.9 Å². The summed E-state index contributed by atoms with van der Waals surface area (Å²) in [5, 5.41) is 31.0. The Hall–Kier alpha value is -3.49. The Kier molecular flexibility index (Phi) is 8.61. The number of nitrogens with zero attached hydrogens (tertiary/aromatic N) is 5. The zero-order chi connectivity index (χ0) is 29.3. The van der Waals surface area contributed by atoms with Crippen molar-refractivity contribution in [1.82, 2.24) is 29.1 Å². The van der Waals surface area contributed by atoms with Gasteiger partial charge in [0, 0.05) is 26.5 Å². The monoisotopic (exact) mass is 581 g/mol. The Labute approximate surface area is 231 Å². The molecule has 0 spiro atoms. The van der Waals surface area contributed by atoms with Crippen LogP contribution in [0.1, 0.15) is 12.5 Å². The molecule has 2 aliphatic heterocycles. The van der Waals surface area contributed by atoms with Crippen LogP contribution in [-0.4, -0.2) is 122 Å². The second-order valence-electron chi connectivity index (χ2n) is 9.37. The number of rotatable bonds is 11. The summed E-state index contributed by atoms with van der Waals surface area (Å²) in [6.07, 6.45) is -5.45. The van der Waals surface area contributed by atoms with Gasteiger partial charge >= 0.3 is 11.7 Å². The number of imidazole rings is 1. The fourth-order valence-corrected chi connectivity index (χ4v) is 4.83. The summed E-state index contributed by atoms with van der Waals surface area (Å²) >= 11 is 0. The number of aliphatic hydroxyl groups excluding tert-OH is 3. The number of anilines is 1. The summed E-state index contributed by atoms with van der Waals surface area (Å²) in [6.45, 7) is -0.378. The zero-order valence-corrected chi connectivity index (χ0v) is 22.1. The van der Waals surface area contributed by atoms with Crippen LogP contribution in [0.15, 0.2) is 28.2 Å². The van der Waals surface area contributed by atoms with E-state index in [1.165, 1.54) is 31.3 Å². The summed E-state index contributed by atoms with van der Waals surface area (Å²) < 4.78 is 36.1. The van der Waals surface area contributed by atoms with E-state index >= 15 is 0 Å². The molecular weight excluding hydrogens is 550 g/mol. The molecule has 6 N–H and O–H groups in total. The van der Waals surface area contributed by atoms with Crippen molar-refractivity contribution in [2.45, 2.75) is 49.1 Å². The van der Waals surface area contributed by atoms with Crippen molar-refractivity contribution in [2.24, 2.45) is 0 Å². The normalized spacial score (nSPS) is 29.9. The van der Waals surface area contributed by atoms with Crippen LogP contribution in [0.4, 0.5) is 5.82 Å². The molecule has 0 aliphatic carbocycles. The van der Waals surface area contributed by atoms with E-state index in [1.54, 1.807) is 0 Å². The molecule has 18 heteroatoms. The zero-order valence-electron chi connectivity index (χ0n) is 22.1. The van der Waals surface area contributed by atoms with Gasteiger partial charge in [-0.3, -0.25) is 18.9 Å². The molecule has 5 rings (SSSR count). The summed E-state index contributed by atoms with van der Waals surface area (Å²) in [5.41, 5.74) is 5.20. The summed E-state index contributed by atoms with van der Waals surface area (Å²) in [7, 11) is 2.88. The molecule has 224 valence electrons. The lowest BCUT2D eigenvalue weighted by Gasteiger charge is -2.22. The largest absolute Gasteiger partial charge is 0.460 e. The van der Waals surface area contributed by atoms with Gasteiger partial charge in [0.05, 0.1) is 26.1 Å². The van der Waals surface area contributed by atoms with Crippen LogP contribution in [0.5, 0.6) is 6.01 Å². The molecule has 0 radical (unpaired) electrons. The lowest BCUT2D eigenvalue weighted by molar-refractivity contribution is -0.0814. The number of fused-ring (bicyclic) bond motifs is 1. The number of methoxy groups -OCH3 is 2. The first-order valence-corrected chi connectivity index (χ1v) is 12.6. The Bertz CT molecular complexity index is 1460. The number of ether oxygens (including phenoxy) is 6. The second kappa shape index (κ2) is 12.2. The van der Waals surface area contributed by atoms with Gasteiger partial charge in [-0.1, -0.05) is 0 Å². The van der Waals surface area contributed by atoms with Gasteiger partial charge in [-0.2, -0.15) is 9.97 Å². The molecule has 0 bridgehead atoms. The minimum Gasteiger partial charge on any atom is -0.460 e. The maximum absolute atomic E-state index is 12.4. The third kappa shape index (κ3) is 5.55. The van der Waals surface area contributed by atoms with E-state index in [0.717, 1.165) is 10.6 Å². The number of nitrogens with two attached hydrogens (primary N) is 1. The summed E-state index contributed by atoms with van der Waals surface area (Å²) in [6, 6.07) is 0.965. The number of hydrogen-bond donors (Lipinski definition) is 5. The minimum atomic E-state index is -1.26. The maximum atomic E-state index is 12.4. The number of aliphatic hydroxyl groups is 3. The molecule has 3 aromatic heterocycles. The predicted molar refractivity (Wildman–Crippen MR) is 136 cm³/mol. The quantitative estimate of drug-likeness (QED) is 0.141. The molecular formula is C23H31N7O11. The lowest BCUT2D eigenvalue weighted by Crippen LogP contribution is -2.40. The Morgan fingerprint density at radius 2 is 1.78 bits per heavy atom. The molecule has 2 fully saturated rings. The average Bonchev–Trinajstić information content (AvgIpc) is 3.61. The Balaban J connectivity index is 1.37. The first-order valence-electron chi connectivity index (χ1n) is 12.6. The predicted octanol–water partition coefficient (Wildman–Crippen LogP) is -3.11. The molecule has 18 nitrogen and oxygen atoms in total. The van der Waals surface area contributed by atoms with Gasteiger partial charge < -0.3 is 49.5 Å². The average molecular weight is 582 g/mol. The molecule has 8 atom stereocenters. The van der Waals surface area contributed by atoms with Crippen molar-refractivity contribution in [3.05, 3.63) is 39.4 Å². The molecule has 0 amide bonds. The number of aromatic nitrogens is 6. The minimum absolute atomic E-state index is 0.0127. The van der Waals surface area contributed by atoms with Crippen LogP contribution < -0.4 is 21.7 Å². The van der Waals surface area contributed by atoms with Crippen LogP contribution in [0.25, 0.3) is 11.2 Å². The van der Waals surface area contributed by atoms with Gasteiger partial charge in [0.1, 0.15) is 43.2 Å². The van der Waals surface area contributed by atoms with Gasteiger partial charge in [0.2, 0.25) is 0 Å². The highest BCUT2D eigenvalue weighted by Gasteiger charge is 2.47. The van der Waals surface area contributed by atoms with Crippen molar-refractivity contribution in [3.8, 4) is 6.01 Å². The highest BCUT2D eigenvalue weighted by Crippen LogP contribution is 2.35. The molecule has 2 saturated heterocycles. The van der Waals surface area contributed by atoms with Gasteiger partial charge in [0.25, 0.3) is 5.56 Å². The molecule has 0 saturated carbocycles. The number of nitrogens with one attached hydrogen (secondary N) is 1. The fourth-order valence-electron chi connectivity index (χ4n) is 4.83. The number of H-pyrrole nitrogens is 1. The van der Waals surface area contributed by atoms with E-state index in [0.29, 0.717) is 0 Å². The Morgan fingerprint density at radius 1 is 1.05 bits per heavy atom. The van der Waals surface area contributed by atoms with Crippen LogP contribution in [-0.2, 0) is 23.7 Å². The van der Waals surface area contributed by atoms with Crippen LogP contribution in [0, 0.1) is 0 Å². The summed E-state index contributed by atoms with van der Waals surface area (Å²) in [5.74, 6) is -0.0127. The second-order valence-corrected chi connectivity index (χ2v) is 9.37. The first kappa shape index (κ1) is 29.0. The topological polar surface area (TPSA) is 241 Å². The van der Waals surface area contributed by atoms with E-state index in [-0.39, 0.29) is 42.8 Å². The van der Waals surface area contributed by atoms with Gasteiger partial charge in [0.15, 0.2) is 29.4 Å². The maximum Gasteiger partial charge on any atom is 0.330 e. The fraction of sp³-hybridized carbons (Fsp3) is 0.609. The number of aromatic amines is 1. The van der Waals surface area contributed by atoms with Crippen molar-refractivity contribution < 1.29 is 43.7 Å². The molecule has 8 unspecified atom stereocenters. The number of hydrogen-bond acceptors (Lipinski definition) is 15. The molecule has 0 aromatic carbocycles. The molecule has 5 heterocycles. The van der Waals surface area contributed by atoms with Crippen molar-refractivity contribution in [3.63, 3.8) is 0 Å². The van der Waals surface area contributed by atoms with Crippen LogP contribution >= 0.6 is 0 Å². The third-order valence-corrected chi connectivity index (χ3v) is 6.88. The third-order valence-electron chi connectivity index (χ3n) is 6.88. The molecule has 41 heavy (non-hydrogen) atoms. The lowest BCUT2D eigenvalue weighted by atomic mass is 10.1. The van der Waals surface area contributed by atoms with E-state index in [9.17, 15) is 24.9 Å². The first-order chi connectivity index (χ1) is 19.8. The van der Waals surface area contributed by atoms with Crippen molar-refractivity contribution >= 4 is 17.0 Å². The van der Waals surface area contributed by atoms with Gasteiger partial charge in [-0.25, -0.2) is 9.78 Å². The van der Waals surface area contributed by atoms with Crippen LogP contribution in [0.3, 0.4) is 0 Å². The van der Waals surface area contributed by atoms with Crippen molar-refractivity contribution in [1.29, 1.82) is 0 Å². The Morgan fingerprint density at radius 3 is 2.49 bits per heavy atom. The smallest absolute Gasteiger partial charge is 0.330 e. The van der Waals surface area contributed by atoms with E-state index in [4.69, 9.17) is 34.2 Å². The SMILES string of the molecule is COCCOC1C(O)C(COc2nc(N)c3ncn(C4OC(CO)C(O)C4OC)c3n2)OC1n1ccc(=O)[nH]c1=O. The summed E-state index contributed by atoms with van der Waals surface area (Å²) in [4.78, 5) is 38.8. The van der Waals surface area contributed by atoms with Gasteiger partial charge in [-0.05, 0) is 0 Å². The number of nitrogen functional groups attached to an aromatic ring is 1. The van der Waals surface area contributed by atoms with E-state index in [2.05, 4.69) is 19.9 Å². The van der Waals surface area contributed by atoms with Gasteiger partial charge in [-0.15, -0.1) is 0 Å². The molecule has 3 aromatic rings.